The fourth-order valence-corrected chi connectivity index (χ4v) is 3.99. The van der Waals surface area contributed by atoms with E-state index in [1.54, 1.807) is 27.7 Å². The van der Waals surface area contributed by atoms with Crippen molar-refractivity contribution in [3.05, 3.63) is 20.8 Å². The predicted octanol–water partition coefficient (Wildman–Crippen LogP) is 1.83. The summed E-state index contributed by atoms with van der Waals surface area (Å²) in [7, 11) is 0. The van der Waals surface area contributed by atoms with Gasteiger partial charge < -0.3 is 15.5 Å². The van der Waals surface area contributed by atoms with Gasteiger partial charge >= 0.3 is 5.97 Å². The minimum atomic E-state index is -0.904. The summed E-state index contributed by atoms with van der Waals surface area (Å²) in [6.45, 7) is 7.04. The molecule has 0 aliphatic rings. The lowest BCUT2D eigenvalue weighted by molar-refractivity contribution is -0.145. The lowest BCUT2D eigenvalue weighted by atomic mass is 10.2. The lowest BCUT2D eigenvalue weighted by Gasteiger charge is -2.20. The van der Waals surface area contributed by atoms with Gasteiger partial charge in [-0.15, -0.1) is 11.3 Å². The maximum Gasteiger partial charge on any atom is 0.322 e. The van der Waals surface area contributed by atoms with Gasteiger partial charge in [-0.1, -0.05) is 11.8 Å². The summed E-state index contributed by atoms with van der Waals surface area (Å²) in [6, 6.07) is 0. The molecule has 0 aliphatic carbocycles. The van der Waals surface area contributed by atoms with Gasteiger partial charge in [0.25, 0.3) is 11.5 Å². The number of esters is 1. The first-order chi connectivity index (χ1) is 10.7. The zero-order valence-electron chi connectivity index (χ0n) is 13.2. The van der Waals surface area contributed by atoms with Gasteiger partial charge in [-0.3, -0.25) is 14.4 Å². The molecule has 0 radical (unpaired) electrons. The molecule has 2 heterocycles. The first-order valence-electron chi connectivity index (χ1n) is 6.86. The van der Waals surface area contributed by atoms with Crippen LogP contribution in [0.5, 0.6) is 0 Å². The van der Waals surface area contributed by atoms with Crippen molar-refractivity contribution < 1.29 is 14.3 Å². The second-order valence-electron chi connectivity index (χ2n) is 5.30. The van der Waals surface area contributed by atoms with Crippen molar-refractivity contribution in [2.24, 2.45) is 5.73 Å². The third kappa shape index (κ3) is 3.40. The average Bonchev–Trinajstić information content (AvgIpc) is 2.76. The summed E-state index contributed by atoms with van der Waals surface area (Å²) in [6.07, 6.45) is 0. The van der Waals surface area contributed by atoms with Crippen molar-refractivity contribution in [3.63, 3.8) is 0 Å². The fraction of sp³-hybridized carbons (Fsp3) is 0.429. The molecular formula is C14H17N3O4S2. The summed E-state index contributed by atoms with van der Waals surface area (Å²) >= 11 is 2.17. The number of amides is 1. The smallest absolute Gasteiger partial charge is 0.322 e. The highest BCUT2D eigenvalue weighted by Gasteiger charge is 2.32. The van der Waals surface area contributed by atoms with Crippen LogP contribution in [0, 0.1) is 6.92 Å². The molecule has 0 aromatic carbocycles. The number of primary amides is 1. The molecule has 0 aliphatic heterocycles. The number of H-pyrrole nitrogens is 1. The Bertz CT molecular complexity index is 838. The van der Waals surface area contributed by atoms with E-state index in [0.717, 1.165) is 23.1 Å². The minimum absolute atomic E-state index is 0.276. The second-order valence-corrected chi connectivity index (χ2v) is 7.92. The average molecular weight is 355 g/mol. The van der Waals surface area contributed by atoms with Crippen LogP contribution in [0.1, 0.15) is 36.0 Å². The van der Waals surface area contributed by atoms with Crippen LogP contribution in [0.2, 0.25) is 0 Å². The maximum atomic E-state index is 12.3. The monoisotopic (exact) mass is 355 g/mol. The molecular weight excluding hydrogens is 338 g/mol. The number of thioether (sulfide) groups is 1. The van der Waals surface area contributed by atoms with Gasteiger partial charge in [-0.25, -0.2) is 4.98 Å². The summed E-state index contributed by atoms with van der Waals surface area (Å²) < 4.78 is 4.11. The van der Waals surface area contributed by atoms with Crippen LogP contribution in [0.15, 0.2) is 9.95 Å². The molecule has 2 aromatic heterocycles. The van der Waals surface area contributed by atoms with Crippen LogP contribution in [-0.2, 0) is 9.53 Å². The summed E-state index contributed by atoms with van der Waals surface area (Å²) in [4.78, 5) is 43.3. The van der Waals surface area contributed by atoms with Crippen LogP contribution >= 0.6 is 23.1 Å². The number of carbonyl (C=O) groups is 2. The molecule has 0 unspecified atom stereocenters. The number of hydrogen-bond donors (Lipinski definition) is 2. The normalized spacial score (nSPS) is 11.7. The number of fused-ring (bicyclic) bond motifs is 1. The highest BCUT2D eigenvalue weighted by Crippen LogP contribution is 2.33. The Hall–Kier alpha value is -1.87. The molecule has 23 heavy (non-hydrogen) atoms. The molecule has 0 bridgehead atoms. The lowest BCUT2D eigenvalue weighted by Crippen LogP contribution is -2.30. The van der Waals surface area contributed by atoms with Crippen molar-refractivity contribution in [3.8, 4) is 0 Å². The van der Waals surface area contributed by atoms with E-state index in [1.165, 1.54) is 0 Å². The van der Waals surface area contributed by atoms with Crippen LogP contribution < -0.4 is 11.3 Å². The van der Waals surface area contributed by atoms with Gasteiger partial charge in [0, 0.05) is 0 Å². The number of carbonyl (C=O) groups excluding carboxylic acids is 2. The molecule has 0 saturated heterocycles. The number of aromatic amines is 1. The number of nitrogens with zero attached hydrogens (tertiary/aromatic N) is 1. The zero-order chi connectivity index (χ0) is 17.4. The predicted molar refractivity (Wildman–Crippen MR) is 90.1 cm³/mol. The summed E-state index contributed by atoms with van der Waals surface area (Å²) in [5.41, 5.74) is 5.46. The Kier molecular flexibility index (Phi) is 4.81. The molecule has 0 spiro atoms. The maximum absolute atomic E-state index is 12.3. The van der Waals surface area contributed by atoms with E-state index in [-0.39, 0.29) is 17.3 Å². The van der Waals surface area contributed by atoms with Gasteiger partial charge in [0.15, 0.2) is 5.16 Å². The van der Waals surface area contributed by atoms with Crippen molar-refractivity contribution in [2.75, 3.05) is 6.61 Å². The minimum Gasteiger partial charge on any atom is -0.465 e. The van der Waals surface area contributed by atoms with E-state index < -0.39 is 16.6 Å². The van der Waals surface area contributed by atoms with Crippen molar-refractivity contribution in [2.45, 2.75) is 37.6 Å². The van der Waals surface area contributed by atoms with Crippen LogP contribution in [0.3, 0.4) is 0 Å². The number of hydrogen-bond acceptors (Lipinski definition) is 7. The molecule has 2 aromatic rings. The van der Waals surface area contributed by atoms with Crippen molar-refractivity contribution in [1.29, 1.82) is 0 Å². The van der Waals surface area contributed by atoms with E-state index in [9.17, 15) is 14.4 Å². The van der Waals surface area contributed by atoms with E-state index in [4.69, 9.17) is 10.5 Å². The molecule has 3 N–H and O–H groups in total. The standard InChI is InChI=1S/C14H17N3O4S2/c1-5-21-12(20)14(3,4)23-13-16-10(19)7-6(2)8(9(15)18)22-11(7)17-13/h5H2,1-4H3,(H2,15,18)(H,16,17,19). The Balaban J connectivity index is 2.46. The molecule has 0 saturated carbocycles. The van der Waals surface area contributed by atoms with E-state index in [1.807, 2.05) is 0 Å². The van der Waals surface area contributed by atoms with Gasteiger partial charge in [0.2, 0.25) is 0 Å². The fourth-order valence-electron chi connectivity index (χ4n) is 2.00. The number of aromatic nitrogens is 2. The van der Waals surface area contributed by atoms with Gasteiger partial charge in [0.05, 0.1) is 16.9 Å². The van der Waals surface area contributed by atoms with Gasteiger partial charge in [0.1, 0.15) is 9.58 Å². The van der Waals surface area contributed by atoms with Crippen molar-refractivity contribution >= 4 is 45.2 Å². The molecule has 124 valence electrons. The van der Waals surface area contributed by atoms with E-state index in [2.05, 4.69) is 9.97 Å². The summed E-state index contributed by atoms with van der Waals surface area (Å²) in [5.74, 6) is -0.987. The number of rotatable bonds is 5. The Morgan fingerprint density at radius 2 is 2.09 bits per heavy atom. The largest absolute Gasteiger partial charge is 0.465 e. The van der Waals surface area contributed by atoms with Crippen LogP contribution in [0.25, 0.3) is 10.2 Å². The second kappa shape index (κ2) is 6.32. The molecule has 9 heteroatoms. The number of ether oxygens (including phenoxy) is 1. The molecule has 2 rings (SSSR count). The molecule has 0 fully saturated rings. The Morgan fingerprint density at radius 1 is 1.43 bits per heavy atom. The SMILES string of the molecule is CCOC(=O)C(C)(C)Sc1nc2sc(C(N)=O)c(C)c2c(=O)[nH]1. The van der Waals surface area contributed by atoms with Crippen LogP contribution in [0.4, 0.5) is 0 Å². The third-order valence-electron chi connectivity index (χ3n) is 3.12. The highest BCUT2D eigenvalue weighted by atomic mass is 32.2. The number of nitrogens with one attached hydrogen (secondary N) is 1. The number of aryl methyl sites for hydroxylation is 1. The number of nitrogens with two attached hydrogens (primary N) is 1. The molecule has 0 atom stereocenters. The zero-order valence-corrected chi connectivity index (χ0v) is 14.8. The quantitative estimate of drug-likeness (QED) is 0.480. The number of thiophene rings is 1. The summed E-state index contributed by atoms with van der Waals surface area (Å²) in [5, 5.41) is 0.639. The highest BCUT2D eigenvalue weighted by molar-refractivity contribution is 8.01. The topological polar surface area (TPSA) is 115 Å². The van der Waals surface area contributed by atoms with Crippen molar-refractivity contribution in [1.82, 2.24) is 9.97 Å². The van der Waals surface area contributed by atoms with Crippen LogP contribution in [-0.4, -0.2) is 33.2 Å². The first-order valence-corrected chi connectivity index (χ1v) is 8.50. The van der Waals surface area contributed by atoms with Gasteiger partial charge in [-0.05, 0) is 33.3 Å². The third-order valence-corrected chi connectivity index (χ3v) is 5.39. The van der Waals surface area contributed by atoms with E-state index >= 15 is 0 Å². The van der Waals surface area contributed by atoms with E-state index in [0.29, 0.717) is 20.7 Å². The Morgan fingerprint density at radius 3 is 2.65 bits per heavy atom. The molecule has 1 amide bonds. The molecule has 7 nitrogen and oxygen atoms in total. The first kappa shape index (κ1) is 17.5. The van der Waals surface area contributed by atoms with Gasteiger partial charge in [-0.2, -0.15) is 0 Å². The Labute approximate surface area is 140 Å².